The second-order valence-corrected chi connectivity index (χ2v) is 7.98. The van der Waals surface area contributed by atoms with Gasteiger partial charge in [-0.15, -0.1) is 6.42 Å². The van der Waals surface area contributed by atoms with Crippen LogP contribution < -0.4 is 4.74 Å². The van der Waals surface area contributed by atoms with E-state index in [9.17, 15) is 5.11 Å². The number of benzene rings is 1. The van der Waals surface area contributed by atoms with Crippen LogP contribution in [-0.4, -0.2) is 17.8 Å². The molecule has 23 heavy (non-hydrogen) atoms. The van der Waals surface area contributed by atoms with Crippen LogP contribution >= 0.6 is 0 Å². The zero-order chi connectivity index (χ0) is 16.2. The Hall–Kier alpha value is -1.46. The summed E-state index contributed by atoms with van der Waals surface area (Å²) < 4.78 is 5.39. The van der Waals surface area contributed by atoms with Gasteiger partial charge in [0, 0.05) is 5.41 Å². The molecule has 3 aliphatic rings. The first-order valence-corrected chi connectivity index (χ1v) is 8.89. The molecule has 1 unspecified atom stereocenters. The summed E-state index contributed by atoms with van der Waals surface area (Å²) in [7, 11) is 1.73. The van der Waals surface area contributed by atoms with Crippen molar-refractivity contribution in [2.45, 2.75) is 57.0 Å². The van der Waals surface area contributed by atoms with Crippen molar-refractivity contribution in [1.29, 1.82) is 0 Å². The van der Waals surface area contributed by atoms with Crippen LogP contribution in [0.4, 0.5) is 0 Å². The zero-order valence-electron chi connectivity index (χ0n) is 14.1. The average molecular weight is 310 g/mol. The Bertz CT molecular complexity index is 673. The monoisotopic (exact) mass is 310 g/mol. The van der Waals surface area contributed by atoms with Gasteiger partial charge >= 0.3 is 0 Å². The van der Waals surface area contributed by atoms with Crippen LogP contribution in [0.15, 0.2) is 18.2 Å². The lowest BCUT2D eigenvalue weighted by Gasteiger charge is -2.52. The molecule has 0 heterocycles. The second kappa shape index (κ2) is 5.02. The number of aliphatic hydroxyl groups is 1. The maximum Gasteiger partial charge on any atom is 0.130 e. The molecule has 5 atom stereocenters. The third-order valence-electron chi connectivity index (χ3n) is 7.32. The number of methoxy groups -OCH3 is 1. The Kier molecular flexibility index (Phi) is 3.29. The van der Waals surface area contributed by atoms with Crippen molar-refractivity contribution in [2.75, 3.05) is 7.11 Å². The molecule has 0 radical (unpaired) electrons. The lowest BCUT2D eigenvalue weighted by molar-refractivity contribution is -0.0646. The molecule has 0 amide bonds. The quantitative estimate of drug-likeness (QED) is 0.797. The Balaban J connectivity index is 1.70. The van der Waals surface area contributed by atoms with Gasteiger partial charge in [0.1, 0.15) is 11.4 Å². The number of hydrogen-bond acceptors (Lipinski definition) is 2. The average Bonchev–Trinajstić information content (AvgIpc) is 2.86. The van der Waals surface area contributed by atoms with Crippen molar-refractivity contribution >= 4 is 0 Å². The van der Waals surface area contributed by atoms with E-state index in [1.165, 1.54) is 17.5 Å². The Labute approximate surface area is 139 Å². The number of fused-ring (bicyclic) bond motifs is 5. The van der Waals surface area contributed by atoms with E-state index in [0.29, 0.717) is 17.8 Å². The van der Waals surface area contributed by atoms with Crippen LogP contribution in [0.1, 0.15) is 56.1 Å². The third kappa shape index (κ3) is 1.93. The van der Waals surface area contributed by atoms with Gasteiger partial charge in [0.15, 0.2) is 0 Å². The van der Waals surface area contributed by atoms with Crippen molar-refractivity contribution < 1.29 is 9.84 Å². The van der Waals surface area contributed by atoms with Gasteiger partial charge in [0.25, 0.3) is 0 Å². The molecule has 0 spiro atoms. The molecular weight excluding hydrogens is 284 g/mol. The maximum atomic E-state index is 11.0. The lowest BCUT2D eigenvalue weighted by atomic mass is 9.53. The van der Waals surface area contributed by atoms with Crippen molar-refractivity contribution in [2.24, 2.45) is 17.3 Å². The maximum absolute atomic E-state index is 11.0. The topological polar surface area (TPSA) is 29.5 Å². The van der Waals surface area contributed by atoms with Crippen molar-refractivity contribution in [3.8, 4) is 18.1 Å². The highest BCUT2D eigenvalue weighted by Crippen LogP contribution is 2.64. The summed E-state index contributed by atoms with van der Waals surface area (Å²) in [5, 5.41) is 11.0. The molecule has 1 N–H and O–H groups in total. The summed E-state index contributed by atoms with van der Waals surface area (Å²) >= 11 is 0. The van der Waals surface area contributed by atoms with Crippen molar-refractivity contribution in [1.82, 2.24) is 0 Å². The van der Waals surface area contributed by atoms with E-state index in [4.69, 9.17) is 11.2 Å². The van der Waals surface area contributed by atoms with E-state index < -0.39 is 5.60 Å². The molecule has 2 saturated carbocycles. The molecule has 0 aliphatic heterocycles. The molecule has 122 valence electrons. The van der Waals surface area contributed by atoms with E-state index in [0.717, 1.165) is 37.9 Å². The van der Waals surface area contributed by atoms with Crippen LogP contribution in [0.25, 0.3) is 0 Å². The van der Waals surface area contributed by atoms with Gasteiger partial charge in [-0.1, -0.05) is 18.9 Å². The van der Waals surface area contributed by atoms with Gasteiger partial charge in [-0.05, 0) is 79.5 Å². The second-order valence-electron chi connectivity index (χ2n) is 7.98. The van der Waals surface area contributed by atoms with Gasteiger partial charge in [-0.25, -0.2) is 0 Å². The van der Waals surface area contributed by atoms with Gasteiger partial charge in [-0.3, -0.25) is 0 Å². The molecule has 3 aliphatic carbocycles. The fourth-order valence-electron chi connectivity index (χ4n) is 5.94. The summed E-state index contributed by atoms with van der Waals surface area (Å²) in [6.07, 6.45) is 12.1. The molecule has 0 saturated heterocycles. The number of terminal acetylenes is 1. The van der Waals surface area contributed by atoms with E-state index in [1.807, 2.05) is 0 Å². The van der Waals surface area contributed by atoms with Crippen molar-refractivity contribution in [3.63, 3.8) is 0 Å². The molecule has 0 aromatic heterocycles. The first-order chi connectivity index (χ1) is 11.0. The lowest BCUT2D eigenvalue weighted by Crippen LogP contribution is -2.50. The normalized spacial score (nSPS) is 41.4. The van der Waals surface area contributed by atoms with E-state index in [-0.39, 0.29) is 5.41 Å². The fourth-order valence-corrected chi connectivity index (χ4v) is 5.94. The Morgan fingerprint density at radius 3 is 2.83 bits per heavy atom. The minimum Gasteiger partial charge on any atom is -0.497 e. The molecule has 0 bridgehead atoms. The minimum atomic E-state index is -0.900. The van der Waals surface area contributed by atoms with Gasteiger partial charge in [0.05, 0.1) is 7.11 Å². The predicted molar refractivity (Wildman–Crippen MR) is 91.4 cm³/mol. The first-order valence-electron chi connectivity index (χ1n) is 8.89. The highest BCUT2D eigenvalue weighted by Gasteiger charge is 2.61. The van der Waals surface area contributed by atoms with Crippen LogP contribution in [0.5, 0.6) is 5.75 Å². The fraction of sp³-hybridized carbons (Fsp3) is 0.619. The van der Waals surface area contributed by atoms with Gasteiger partial charge < -0.3 is 9.84 Å². The number of ether oxygens (including phenoxy) is 1. The highest BCUT2D eigenvalue weighted by molar-refractivity contribution is 5.41. The molecule has 2 heteroatoms. The van der Waals surface area contributed by atoms with Crippen LogP contribution in [0, 0.1) is 29.6 Å². The summed E-state index contributed by atoms with van der Waals surface area (Å²) in [6, 6.07) is 6.59. The van der Waals surface area contributed by atoms with Crippen LogP contribution in [0.3, 0.4) is 0 Å². The molecule has 1 aromatic rings. The Morgan fingerprint density at radius 2 is 2.09 bits per heavy atom. The summed E-state index contributed by atoms with van der Waals surface area (Å²) in [6.45, 7) is 2.24. The molecule has 4 rings (SSSR count). The summed E-state index contributed by atoms with van der Waals surface area (Å²) in [5.41, 5.74) is 1.97. The predicted octanol–water partition coefficient (Wildman–Crippen LogP) is 3.92. The van der Waals surface area contributed by atoms with Gasteiger partial charge in [-0.2, -0.15) is 0 Å². The first kappa shape index (κ1) is 15.1. The SMILES string of the molecule is C#C[C@]1(O)CC[C@H]2C3CCc4cc(OC)ccc4[C@H]3CC[C@@]21C. The number of hydrogen-bond donors (Lipinski definition) is 1. The van der Waals surface area contributed by atoms with E-state index in [1.54, 1.807) is 7.11 Å². The minimum absolute atomic E-state index is 0.104. The third-order valence-corrected chi connectivity index (χ3v) is 7.32. The smallest absolute Gasteiger partial charge is 0.130 e. The van der Waals surface area contributed by atoms with Crippen LogP contribution in [-0.2, 0) is 6.42 Å². The van der Waals surface area contributed by atoms with E-state index in [2.05, 4.69) is 31.0 Å². The molecule has 2 fully saturated rings. The zero-order valence-corrected chi connectivity index (χ0v) is 14.1. The summed E-state index contributed by atoms with van der Waals surface area (Å²) in [4.78, 5) is 0. The van der Waals surface area contributed by atoms with Crippen LogP contribution in [0.2, 0.25) is 0 Å². The number of aryl methyl sites for hydroxylation is 1. The molecule has 2 nitrogen and oxygen atoms in total. The van der Waals surface area contributed by atoms with E-state index >= 15 is 0 Å². The highest BCUT2D eigenvalue weighted by atomic mass is 16.5. The number of rotatable bonds is 1. The van der Waals surface area contributed by atoms with Crippen molar-refractivity contribution in [3.05, 3.63) is 29.3 Å². The molecular formula is C21H26O2. The standard InChI is InChI=1S/C21H26O2/c1-4-21(22)12-10-19-18-7-5-14-13-15(23-3)6-8-16(14)17(18)9-11-20(19,21)2/h1,6,8,13,17-19,22H,5,7,9-12H2,2-3H3/t17-,18?,19+,20+,21+/m1/s1. The van der Waals surface area contributed by atoms with Gasteiger partial charge in [0.2, 0.25) is 0 Å². The Morgan fingerprint density at radius 1 is 1.26 bits per heavy atom. The largest absolute Gasteiger partial charge is 0.497 e. The molecule has 1 aromatic carbocycles. The summed E-state index contributed by atoms with van der Waals surface area (Å²) in [5.74, 6) is 5.56.